The van der Waals surface area contributed by atoms with Gasteiger partial charge in [0.05, 0.1) is 18.1 Å². The van der Waals surface area contributed by atoms with E-state index in [1.165, 1.54) is 19.3 Å². The van der Waals surface area contributed by atoms with Gasteiger partial charge in [0.1, 0.15) is 6.33 Å². The molecule has 1 aliphatic rings. The van der Waals surface area contributed by atoms with E-state index in [-0.39, 0.29) is 0 Å². The molecule has 1 fully saturated rings. The third kappa shape index (κ3) is 2.45. The van der Waals surface area contributed by atoms with Crippen LogP contribution in [0.15, 0.2) is 18.7 Å². The molecular weight excluding hydrogens is 188 g/mol. The normalized spacial score (nSPS) is 21.7. The Morgan fingerprint density at radius 2 is 2.13 bits per heavy atom. The minimum Gasteiger partial charge on any atom is -0.366 e. The molecule has 1 atom stereocenters. The molecule has 0 radical (unpaired) electrons. The summed E-state index contributed by atoms with van der Waals surface area (Å²) in [5, 5.41) is 0. The van der Waals surface area contributed by atoms with Gasteiger partial charge in [-0.3, -0.25) is 0 Å². The fraction of sp³-hybridized carbons (Fsp3) is 0.636. The number of piperidine rings is 1. The lowest BCUT2D eigenvalue weighted by Gasteiger charge is -2.37. The van der Waals surface area contributed by atoms with Gasteiger partial charge >= 0.3 is 0 Å². The average Bonchev–Trinajstić information content (AvgIpc) is 2.31. The van der Waals surface area contributed by atoms with Gasteiger partial charge in [-0.15, -0.1) is 0 Å². The Morgan fingerprint density at radius 3 is 2.87 bits per heavy atom. The van der Waals surface area contributed by atoms with Gasteiger partial charge in [0.15, 0.2) is 0 Å². The molecule has 82 valence electrons. The molecule has 0 saturated carbocycles. The molecule has 0 aromatic carbocycles. The Kier molecular flexibility index (Phi) is 3.50. The number of anilines is 1. The lowest BCUT2D eigenvalue weighted by molar-refractivity contribution is 0.441. The predicted octanol–water partition coefficient (Wildman–Crippen LogP) is 1.18. The Balaban J connectivity index is 2.11. The van der Waals surface area contributed by atoms with E-state index in [9.17, 15) is 0 Å². The fourth-order valence-corrected chi connectivity index (χ4v) is 2.27. The number of nitrogens with two attached hydrogens (primary N) is 1. The summed E-state index contributed by atoms with van der Waals surface area (Å²) < 4.78 is 0. The highest BCUT2D eigenvalue weighted by Gasteiger charge is 2.21. The first kappa shape index (κ1) is 10.4. The molecule has 4 nitrogen and oxygen atoms in total. The molecule has 2 N–H and O–H groups in total. The zero-order valence-electron chi connectivity index (χ0n) is 8.97. The van der Waals surface area contributed by atoms with E-state index in [4.69, 9.17) is 5.73 Å². The van der Waals surface area contributed by atoms with Crippen LogP contribution in [0.3, 0.4) is 0 Å². The highest BCUT2D eigenvalue weighted by molar-refractivity contribution is 5.43. The van der Waals surface area contributed by atoms with E-state index in [2.05, 4.69) is 14.9 Å². The Morgan fingerprint density at radius 1 is 1.33 bits per heavy atom. The first-order chi connectivity index (χ1) is 7.42. The van der Waals surface area contributed by atoms with Crippen molar-refractivity contribution in [2.24, 2.45) is 5.73 Å². The van der Waals surface area contributed by atoms with E-state index in [1.807, 2.05) is 12.4 Å². The Bertz CT molecular complexity index is 286. The van der Waals surface area contributed by atoms with Crippen molar-refractivity contribution in [3.05, 3.63) is 18.7 Å². The second-order valence-electron chi connectivity index (χ2n) is 4.02. The summed E-state index contributed by atoms with van der Waals surface area (Å²) in [5.74, 6) is 0. The van der Waals surface area contributed by atoms with Gasteiger partial charge in [-0.2, -0.15) is 0 Å². The summed E-state index contributed by atoms with van der Waals surface area (Å²) in [6.07, 6.45) is 10.2. The number of rotatable bonds is 3. The second-order valence-corrected chi connectivity index (χ2v) is 4.02. The van der Waals surface area contributed by atoms with Crippen LogP contribution < -0.4 is 10.6 Å². The summed E-state index contributed by atoms with van der Waals surface area (Å²) in [5.41, 5.74) is 6.78. The van der Waals surface area contributed by atoms with Gasteiger partial charge in [-0.05, 0) is 32.2 Å². The van der Waals surface area contributed by atoms with E-state index in [0.29, 0.717) is 6.04 Å². The maximum absolute atomic E-state index is 5.64. The van der Waals surface area contributed by atoms with Crippen LogP contribution in [0.1, 0.15) is 25.7 Å². The molecule has 15 heavy (non-hydrogen) atoms. The minimum atomic E-state index is 0.578. The zero-order chi connectivity index (χ0) is 10.5. The molecular formula is C11H18N4. The number of nitrogens with zero attached hydrogens (tertiary/aromatic N) is 3. The minimum absolute atomic E-state index is 0.578. The van der Waals surface area contributed by atoms with Crippen LogP contribution in [-0.4, -0.2) is 29.1 Å². The molecule has 1 saturated heterocycles. The molecule has 2 rings (SSSR count). The summed E-state index contributed by atoms with van der Waals surface area (Å²) in [6.45, 7) is 1.87. The predicted molar refractivity (Wildman–Crippen MR) is 60.7 cm³/mol. The largest absolute Gasteiger partial charge is 0.366 e. The highest BCUT2D eigenvalue weighted by atomic mass is 15.2. The summed E-state index contributed by atoms with van der Waals surface area (Å²) in [4.78, 5) is 10.5. The molecule has 4 heteroatoms. The molecule has 1 aliphatic heterocycles. The topological polar surface area (TPSA) is 55.0 Å². The van der Waals surface area contributed by atoms with Crippen LogP contribution >= 0.6 is 0 Å². The molecule has 1 aromatic heterocycles. The van der Waals surface area contributed by atoms with Crippen LogP contribution in [0.25, 0.3) is 0 Å². The molecule has 0 aliphatic carbocycles. The van der Waals surface area contributed by atoms with Crippen molar-refractivity contribution in [2.45, 2.75) is 31.7 Å². The molecule has 2 heterocycles. The maximum atomic E-state index is 5.64. The van der Waals surface area contributed by atoms with E-state index < -0.39 is 0 Å². The Hall–Kier alpha value is -1.16. The number of aromatic nitrogens is 2. The van der Waals surface area contributed by atoms with Gasteiger partial charge in [0.25, 0.3) is 0 Å². The molecule has 0 spiro atoms. The van der Waals surface area contributed by atoms with Crippen molar-refractivity contribution in [2.75, 3.05) is 18.0 Å². The Labute approximate surface area is 90.5 Å². The van der Waals surface area contributed by atoms with Crippen LogP contribution in [0.5, 0.6) is 0 Å². The second kappa shape index (κ2) is 5.07. The van der Waals surface area contributed by atoms with Crippen molar-refractivity contribution < 1.29 is 0 Å². The first-order valence-corrected chi connectivity index (χ1v) is 5.63. The molecule has 0 amide bonds. The molecule has 1 aromatic rings. The smallest absolute Gasteiger partial charge is 0.115 e. The SMILES string of the molecule is NCCC1CCCCN1c1cncnc1. The van der Waals surface area contributed by atoms with Crippen LogP contribution in [0.2, 0.25) is 0 Å². The van der Waals surface area contributed by atoms with E-state index in [0.717, 1.165) is 25.2 Å². The molecule has 0 bridgehead atoms. The van der Waals surface area contributed by atoms with Crippen LogP contribution in [0.4, 0.5) is 5.69 Å². The highest BCUT2D eigenvalue weighted by Crippen LogP contribution is 2.24. The molecule has 1 unspecified atom stereocenters. The van der Waals surface area contributed by atoms with Gasteiger partial charge < -0.3 is 10.6 Å². The standard InChI is InChI=1S/C11H18N4/c12-5-4-10-3-1-2-6-15(10)11-7-13-9-14-8-11/h7-10H,1-6,12H2. The van der Waals surface area contributed by atoms with Gasteiger partial charge in [-0.25, -0.2) is 9.97 Å². The van der Waals surface area contributed by atoms with Crippen LogP contribution in [-0.2, 0) is 0 Å². The third-order valence-corrected chi connectivity index (χ3v) is 3.01. The monoisotopic (exact) mass is 206 g/mol. The third-order valence-electron chi connectivity index (χ3n) is 3.01. The van der Waals surface area contributed by atoms with Crippen molar-refractivity contribution >= 4 is 5.69 Å². The number of hydrogen-bond acceptors (Lipinski definition) is 4. The maximum Gasteiger partial charge on any atom is 0.115 e. The zero-order valence-corrected chi connectivity index (χ0v) is 8.97. The van der Waals surface area contributed by atoms with Crippen molar-refractivity contribution in [1.29, 1.82) is 0 Å². The first-order valence-electron chi connectivity index (χ1n) is 5.63. The lowest BCUT2D eigenvalue weighted by atomic mass is 9.99. The van der Waals surface area contributed by atoms with E-state index in [1.54, 1.807) is 6.33 Å². The lowest BCUT2D eigenvalue weighted by Crippen LogP contribution is -2.40. The summed E-state index contributed by atoms with van der Waals surface area (Å²) in [7, 11) is 0. The van der Waals surface area contributed by atoms with Gasteiger partial charge in [0, 0.05) is 12.6 Å². The van der Waals surface area contributed by atoms with Gasteiger partial charge in [-0.1, -0.05) is 0 Å². The van der Waals surface area contributed by atoms with Crippen molar-refractivity contribution in [1.82, 2.24) is 9.97 Å². The number of hydrogen-bond donors (Lipinski definition) is 1. The summed E-state index contributed by atoms with van der Waals surface area (Å²) >= 11 is 0. The van der Waals surface area contributed by atoms with Crippen molar-refractivity contribution in [3.63, 3.8) is 0 Å². The van der Waals surface area contributed by atoms with Crippen molar-refractivity contribution in [3.8, 4) is 0 Å². The van der Waals surface area contributed by atoms with Gasteiger partial charge in [0.2, 0.25) is 0 Å². The quantitative estimate of drug-likeness (QED) is 0.807. The fourth-order valence-electron chi connectivity index (χ4n) is 2.27. The summed E-state index contributed by atoms with van der Waals surface area (Å²) in [6, 6.07) is 0.578. The average molecular weight is 206 g/mol. The van der Waals surface area contributed by atoms with E-state index >= 15 is 0 Å². The van der Waals surface area contributed by atoms with Crippen LogP contribution in [0, 0.1) is 0 Å².